The van der Waals surface area contributed by atoms with Crippen LogP contribution < -0.4 is 15.4 Å². The number of nitrogens with one attached hydrogen (secondary N) is 2. The maximum absolute atomic E-state index is 11.5. The molecule has 2 amide bonds. The molecule has 110 valence electrons. The summed E-state index contributed by atoms with van der Waals surface area (Å²) in [5, 5.41) is 13.9. The second kappa shape index (κ2) is 8.23. The Labute approximate surface area is 120 Å². The van der Waals surface area contributed by atoms with Gasteiger partial charge in [0, 0.05) is 18.3 Å². The minimum absolute atomic E-state index is 0.115. The average Bonchev–Trinajstić information content (AvgIpc) is 2.40. The summed E-state index contributed by atoms with van der Waals surface area (Å²) in [6.45, 7) is -0.0782. The van der Waals surface area contributed by atoms with Gasteiger partial charge in [0.2, 0.25) is 0 Å². The van der Waals surface area contributed by atoms with Gasteiger partial charge in [-0.1, -0.05) is 11.6 Å². The van der Waals surface area contributed by atoms with Crippen molar-refractivity contribution in [3.63, 3.8) is 0 Å². The Kier molecular flexibility index (Phi) is 6.61. The number of carbonyl (C=O) groups is 2. The molecule has 1 aromatic carbocycles. The highest BCUT2D eigenvalue weighted by molar-refractivity contribution is 6.32. The average molecular weight is 303 g/mol. The van der Waals surface area contributed by atoms with Gasteiger partial charge in [0.05, 0.1) is 18.7 Å². The number of anilines is 1. The van der Waals surface area contributed by atoms with Crippen molar-refractivity contribution in [2.75, 3.05) is 32.2 Å². The first-order chi connectivity index (χ1) is 9.52. The number of hydrogen-bond donors (Lipinski definition) is 3. The number of benzene rings is 1. The Bertz CT molecular complexity index is 481. The largest absolute Gasteiger partial charge is 0.495 e. The number of halogens is 1. The number of rotatable bonds is 7. The standard InChI is InChI=1S/C12H15ClN2O5/c1-19-10-6-8(2-3-9(10)13)15-12(18)14-4-5-20-7-11(16)17/h2-3,6H,4-5,7H2,1H3,(H,16,17)(H2,14,15,18). The predicted molar refractivity (Wildman–Crippen MR) is 73.5 cm³/mol. The molecule has 0 aliphatic rings. The summed E-state index contributed by atoms with van der Waals surface area (Å²) in [5.41, 5.74) is 0.523. The quantitative estimate of drug-likeness (QED) is 0.664. The van der Waals surface area contributed by atoms with E-state index in [-0.39, 0.29) is 13.2 Å². The minimum atomic E-state index is -1.05. The summed E-state index contributed by atoms with van der Waals surface area (Å²) in [5.74, 6) is -0.600. The monoisotopic (exact) mass is 302 g/mol. The Balaban J connectivity index is 2.33. The Hall–Kier alpha value is -1.99. The SMILES string of the molecule is COc1cc(NC(=O)NCCOCC(=O)O)ccc1Cl. The fraction of sp³-hybridized carbons (Fsp3) is 0.333. The molecule has 0 aromatic heterocycles. The molecule has 3 N–H and O–H groups in total. The zero-order chi connectivity index (χ0) is 15.0. The molecule has 8 heteroatoms. The molecule has 7 nitrogen and oxygen atoms in total. The number of amides is 2. The second-order valence-electron chi connectivity index (χ2n) is 3.68. The zero-order valence-electron chi connectivity index (χ0n) is 10.8. The van der Waals surface area contributed by atoms with Crippen molar-refractivity contribution in [3.8, 4) is 5.75 Å². The van der Waals surface area contributed by atoms with Crippen LogP contribution in [0.25, 0.3) is 0 Å². The number of aliphatic carboxylic acids is 1. The summed E-state index contributed by atoms with van der Waals surface area (Å²) in [7, 11) is 1.48. The van der Waals surface area contributed by atoms with E-state index in [0.29, 0.717) is 16.5 Å². The van der Waals surface area contributed by atoms with Crippen molar-refractivity contribution in [1.82, 2.24) is 5.32 Å². The first-order valence-electron chi connectivity index (χ1n) is 5.71. The van der Waals surface area contributed by atoms with Crippen LogP contribution in [0.15, 0.2) is 18.2 Å². The van der Waals surface area contributed by atoms with Crippen LogP contribution in [0.4, 0.5) is 10.5 Å². The molecule has 0 aliphatic heterocycles. The van der Waals surface area contributed by atoms with Crippen molar-refractivity contribution in [2.45, 2.75) is 0 Å². The summed E-state index contributed by atoms with van der Waals surface area (Å²) in [6, 6.07) is 4.38. The van der Waals surface area contributed by atoms with E-state index in [1.807, 2.05) is 0 Å². The summed E-state index contributed by atoms with van der Waals surface area (Å²) >= 11 is 5.86. The molecule has 0 radical (unpaired) electrons. The van der Waals surface area contributed by atoms with Gasteiger partial charge in [-0.2, -0.15) is 0 Å². The van der Waals surface area contributed by atoms with Crippen LogP contribution in [-0.2, 0) is 9.53 Å². The lowest BCUT2D eigenvalue weighted by Crippen LogP contribution is -2.31. The van der Waals surface area contributed by atoms with E-state index in [1.165, 1.54) is 7.11 Å². The van der Waals surface area contributed by atoms with Crippen molar-refractivity contribution in [1.29, 1.82) is 0 Å². The first kappa shape index (κ1) is 16.1. The van der Waals surface area contributed by atoms with E-state index < -0.39 is 18.6 Å². The Morgan fingerprint density at radius 3 is 2.80 bits per heavy atom. The third-order valence-corrected chi connectivity index (χ3v) is 2.48. The summed E-state index contributed by atoms with van der Waals surface area (Å²) in [4.78, 5) is 21.7. The van der Waals surface area contributed by atoms with E-state index in [9.17, 15) is 9.59 Å². The number of carboxylic acid groups (broad SMARTS) is 1. The van der Waals surface area contributed by atoms with Gasteiger partial charge >= 0.3 is 12.0 Å². The first-order valence-corrected chi connectivity index (χ1v) is 6.08. The number of ether oxygens (including phenoxy) is 2. The van der Waals surface area contributed by atoms with Crippen LogP contribution >= 0.6 is 11.6 Å². The summed E-state index contributed by atoms with van der Waals surface area (Å²) in [6.07, 6.45) is 0. The fourth-order valence-electron chi connectivity index (χ4n) is 1.31. The molecule has 0 bridgehead atoms. The number of urea groups is 1. The molecule has 1 rings (SSSR count). The van der Waals surface area contributed by atoms with Crippen molar-refractivity contribution >= 4 is 29.3 Å². The third kappa shape index (κ3) is 5.77. The second-order valence-corrected chi connectivity index (χ2v) is 4.08. The van der Waals surface area contributed by atoms with Crippen LogP contribution in [-0.4, -0.2) is 44.0 Å². The Morgan fingerprint density at radius 1 is 1.40 bits per heavy atom. The molecule has 0 saturated carbocycles. The summed E-state index contributed by atoms with van der Waals surface area (Å²) < 4.78 is 9.79. The van der Waals surface area contributed by atoms with Gasteiger partial charge in [0.25, 0.3) is 0 Å². The molecule has 0 unspecified atom stereocenters. The zero-order valence-corrected chi connectivity index (χ0v) is 11.6. The predicted octanol–water partition coefficient (Wildman–Crippen LogP) is 1.57. The van der Waals surface area contributed by atoms with Crippen LogP contribution in [0, 0.1) is 0 Å². The van der Waals surface area contributed by atoms with Gasteiger partial charge < -0.3 is 25.2 Å². The van der Waals surface area contributed by atoms with E-state index in [4.69, 9.17) is 26.2 Å². The fourth-order valence-corrected chi connectivity index (χ4v) is 1.50. The van der Waals surface area contributed by atoms with E-state index in [1.54, 1.807) is 18.2 Å². The smallest absolute Gasteiger partial charge is 0.329 e. The highest BCUT2D eigenvalue weighted by Crippen LogP contribution is 2.27. The van der Waals surface area contributed by atoms with Crippen LogP contribution in [0.5, 0.6) is 5.75 Å². The number of carboxylic acids is 1. The van der Waals surface area contributed by atoms with E-state index in [0.717, 1.165) is 0 Å². The molecule has 0 spiro atoms. The highest BCUT2D eigenvalue weighted by Gasteiger charge is 2.05. The molecule has 1 aromatic rings. The molecule has 0 atom stereocenters. The van der Waals surface area contributed by atoms with Crippen LogP contribution in [0.1, 0.15) is 0 Å². The van der Waals surface area contributed by atoms with Crippen molar-refractivity contribution < 1.29 is 24.2 Å². The van der Waals surface area contributed by atoms with Gasteiger partial charge in [-0.3, -0.25) is 0 Å². The number of carbonyl (C=O) groups excluding carboxylic acids is 1. The molecule has 0 fully saturated rings. The number of hydrogen-bond acceptors (Lipinski definition) is 4. The lowest BCUT2D eigenvalue weighted by atomic mass is 10.3. The lowest BCUT2D eigenvalue weighted by Gasteiger charge is -2.09. The third-order valence-electron chi connectivity index (χ3n) is 2.17. The number of methoxy groups -OCH3 is 1. The van der Waals surface area contributed by atoms with Gasteiger partial charge in [-0.05, 0) is 12.1 Å². The van der Waals surface area contributed by atoms with Crippen molar-refractivity contribution in [3.05, 3.63) is 23.2 Å². The molecule has 0 saturated heterocycles. The molecule has 20 heavy (non-hydrogen) atoms. The molecular formula is C12H15ClN2O5. The molecular weight excluding hydrogens is 288 g/mol. The van der Waals surface area contributed by atoms with Gasteiger partial charge in [0.1, 0.15) is 12.4 Å². The maximum Gasteiger partial charge on any atom is 0.329 e. The topological polar surface area (TPSA) is 96.9 Å². The Morgan fingerprint density at radius 2 is 2.15 bits per heavy atom. The van der Waals surface area contributed by atoms with Crippen molar-refractivity contribution in [2.24, 2.45) is 0 Å². The van der Waals surface area contributed by atoms with Gasteiger partial charge in [-0.15, -0.1) is 0 Å². The van der Waals surface area contributed by atoms with Gasteiger partial charge in [-0.25, -0.2) is 9.59 Å². The van der Waals surface area contributed by atoms with Crippen LogP contribution in [0.3, 0.4) is 0 Å². The molecule has 0 aliphatic carbocycles. The lowest BCUT2D eigenvalue weighted by molar-refractivity contribution is -0.142. The maximum atomic E-state index is 11.5. The van der Waals surface area contributed by atoms with Gasteiger partial charge in [0.15, 0.2) is 0 Å². The molecule has 0 heterocycles. The normalized spacial score (nSPS) is 9.90. The van der Waals surface area contributed by atoms with E-state index in [2.05, 4.69) is 10.6 Å². The van der Waals surface area contributed by atoms with E-state index >= 15 is 0 Å². The van der Waals surface area contributed by atoms with Crippen LogP contribution in [0.2, 0.25) is 5.02 Å². The minimum Gasteiger partial charge on any atom is -0.495 e. The highest BCUT2D eigenvalue weighted by atomic mass is 35.5.